The number of aromatic nitrogens is 5. The van der Waals surface area contributed by atoms with E-state index in [9.17, 15) is 14.3 Å². The molecule has 1 saturated heterocycles. The van der Waals surface area contributed by atoms with Crippen molar-refractivity contribution in [1.29, 1.82) is 0 Å². The predicted molar refractivity (Wildman–Crippen MR) is 104 cm³/mol. The number of rotatable bonds is 4. The van der Waals surface area contributed by atoms with Gasteiger partial charge >= 0.3 is 0 Å². The minimum atomic E-state index is -0.916. The molecule has 0 aliphatic carbocycles. The average molecular weight is 395 g/mol. The molecule has 4 aromatic rings. The van der Waals surface area contributed by atoms with Crippen LogP contribution in [-0.2, 0) is 7.05 Å². The summed E-state index contributed by atoms with van der Waals surface area (Å²) in [4.78, 5) is 24.5. The van der Waals surface area contributed by atoms with Crippen molar-refractivity contribution in [1.82, 2.24) is 35.4 Å². The molecule has 1 fully saturated rings. The Kier molecular flexibility index (Phi) is 3.86. The molecule has 0 spiro atoms. The molecular formula is C19H18FN7O2. The molecule has 4 N–H and O–H groups in total. The number of halogens is 1. The Balaban J connectivity index is 1.52. The highest BCUT2D eigenvalue weighted by Crippen LogP contribution is 2.28. The fraction of sp³-hybridized carbons (Fsp3) is 0.263. The Morgan fingerprint density at radius 3 is 3.00 bits per heavy atom. The zero-order valence-electron chi connectivity index (χ0n) is 15.5. The van der Waals surface area contributed by atoms with Crippen LogP contribution in [0.5, 0.6) is 0 Å². The maximum Gasteiger partial charge on any atom is 0.255 e. The molecule has 29 heavy (non-hydrogen) atoms. The van der Waals surface area contributed by atoms with E-state index >= 15 is 0 Å². The second-order valence-electron chi connectivity index (χ2n) is 7.30. The maximum absolute atomic E-state index is 13.6. The summed E-state index contributed by atoms with van der Waals surface area (Å²) in [7, 11) is 1.73. The molecule has 10 heteroatoms. The summed E-state index contributed by atoms with van der Waals surface area (Å²) in [6.07, 6.45) is 3.10. The Morgan fingerprint density at radius 2 is 2.24 bits per heavy atom. The molecule has 4 heterocycles. The van der Waals surface area contributed by atoms with Crippen molar-refractivity contribution < 1.29 is 14.3 Å². The molecule has 0 saturated carbocycles. The van der Waals surface area contributed by atoms with E-state index in [2.05, 4.69) is 30.7 Å². The minimum absolute atomic E-state index is 0.148. The quantitative estimate of drug-likeness (QED) is 0.404. The lowest BCUT2D eigenvalue weighted by Crippen LogP contribution is -2.64. The second-order valence-corrected chi connectivity index (χ2v) is 7.30. The molecule has 148 valence electrons. The number of hydrogen-bond donors (Lipinski definition) is 4. The number of β-amino-alcohol motifs (C(OH)–C–C–N with tert-alkyl or cyclic N) is 1. The van der Waals surface area contributed by atoms with Gasteiger partial charge in [0.2, 0.25) is 0 Å². The summed E-state index contributed by atoms with van der Waals surface area (Å²) < 4.78 is 15.2. The zero-order chi connectivity index (χ0) is 20.2. The van der Waals surface area contributed by atoms with Gasteiger partial charge in [-0.15, -0.1) is 0 Å². The number of amides is 1. The number of H-pyrrole nitrogens is 1. The summed E-state index contributed by atoms with van der Waals surface area (Å²) in [6, 6.07) is 4.43. The van der Waals surface area contributed by atoms with E-state index in [1.165, 1.54) is 12.1 Å². The number of nitrogens with one attached hydrogen (secondary N) is 3. The third-order valence-electron chi connectivity index (χ3n) is 5.17. The number of carbonyl (C=O) groups excluding carboxylic acids is 1. The molecular weight excluding hydrogens is 377 g/mol. The van der Waals surface area contributed by atoms with Crippen molar-refractivity contribution >= 4 is 28.0 Å². The van der Waals surface area contributed by atoms with Crippen LogP contribution in [0, 0.1) is 5.82 Å². The lowest BCUT2D eigenvalue weighted by Gasteiger charge is -2.37. The Morgan fingerprint density at radius 1 is 1.41 bits per heavy atom. The Hall–Kier alpha value is -3.37. The number of aryl methyl sites for hydroxylation is 1. The summed E-state index contributed by atoms with van der Waals surface area (Å²) in [5.41, 5.74) is 1.95. The van der Waals surface area contributed by atoms with Crippen LogP contribution in [0.3, 0.4) is 0 Å². The molecule has 9 nitrogen and oxygen atoms in total. The monoisotopic (exact) mass is 395 g/mol. The molecule has 1 aromatic carbocycles. The molecule has 5 rings (SSSR count). The van der Waals surface area contributed by atoms with Crippen LogP contribution in [0.1, 0.15) is 10.4 Å². The van der Waals surface area contributed by atoms with Gasteiger partial charge in [0.1, 0.15) is 28.3 Å². The number of aliphatic hydroxyl groups is 1. The zero-order valence-corrected chi connectivity index (χ0v) is 15.5. The number of carbonyl (C=O) groups is 1. The summed E-state index contributed by atoms with van der Waals surface area (Å²) in [5.74, 6) is -0.697. The van der Waals surface area contributed by atoms with Crippen molar-refractivity contribution in [2.24, 2.45) is 7.05 Å². The number of benzene rings is 1. The van der Waals surface area contributed by atoms with Crippen molar-refractivity contribution in [2.45, 2.75) is 5.60 Å². The van der Waals surface area contributed by atoms with Gasteiger partial charge < -0.3 is 20.7 Å². The van der Waals surface area contributed by atoms with Crippen LogP contribution in [0.15, 0.2) is 30.6 Å². The summed E-state index contributed by atoms with van der Waals surface area (Å²) in [5, 5.41) is 21.0. The molecule has 0 atom stereocenters. The first-order valence-corrected chi connectivity index (χ1v) is 9.12. The lowest BCUT2D eigenvalue weighted by atomic mass is 9.97. The molecule has 0 bridgehead atoms. The third kappa shape index (κ3) is 2.93. The minimum Gasteiger partial charge on any atom is -0.385 e. The maximum atomic E-state index is 13.6. The highest BCUT2D eigenvalue weighted by atomic mass is 19.1. The third-order valence-corrected chi connectivity index (χ3v) is 5.17. The van der Waals surface area contributed by atoms with E-state index in [0.717, 1.165) is 5.39 Å². The fourth-order valence-corrected chi connectivity index (χ4v) is 3.48. The molecule has 1 aliphatic rings. The first-order chi connectivity index (χ1) is 13.9. The number of fused-ring (bicyclic) bond motifs is 2. The van der Waals surface area contributed by atoms with Gasteiger partial charge in [0, 0.05) is 38.3 Å². The molecule has 3 aromatic heterocycles. The summed E-state index contributed by atoms with van der Waals surface area (Å²) in [6.45, 7) is 1.03. The average Bonchev–Trinajstić information content (AvgIpc) is 3.25. The first kappa shape index (κ1) is 17.7. The molecule has 0 radical (unpaired) electrons. The number of nitrogens with zero attached hydrogens (tertiary/aromatic N) is 4. The standard InChI is InChI=1S/C19H18FN7O2/c1-27-14-4-10(20)2-3-11(14)15(26-27)13-6-23-17-16(25-13)12(5-22-17)18(28)24-9-19(29)7-21-8-19/h2-6,21,29H,7-9H2,1H3,(H,22,23)(H,24,28). The Labute approximate surface area is 164 Å². The fourth-order valence-electron chi connectivity index (χ4n) is 3.48. The van der Waals surface area contributed by atoms with Gasteiger partial charge in [0.25, 0.3) is 5.91 Å². The van der Waals surface area contributed by atoms with E-state index in [1.54, 1.807) is 30.2 Å². The second kappa shape index (κ2) is 6.33. The van der Waals surface area contributed by atoms with Crippen molar-refractivity contribution in [2.75, 3.05) is 19.6 Å². The van der Waals surface area contributed by atoms with Gasteiger partial charge in [-0.25, -0.2) is 14.4 Å². The SMILES string of the molecule is Cn1nc(-c2cnc3[nH]cc(C(=O)NCC4(O)CNC4)c3n2)c2ccc(F)cc21. The molecule has 0 unspecified atom stereocenters. The highest BCUT2D eigenvalue weighted by Gasteiger charge is 2.34. The van der Waals surface area contributed by atoms with Gasteiger partial charge in [-0.1, -0.05) is 0 Å². The largest absolute Gasteiger partial charge is 0.385 e. The Bertz CT molecular complexity index is 1260. The van der Waals surface area contributed by atoms with Crippen LogP contribution < -0.4 is 10.6 Å². The van der Waals surface area contributed by atoms with Crippen molar-refractivity contribution in [3.63, 3.8) is 0 Å². The van der Waals surface area contributed by atoms with E-state index < -0.39 is 5.60 Å². The van der Waals surface area contributed by atoms with Gasteiger partial charge in [-0.2, -0.15) is 5.10 Å². The lowest BCUT2D eigenvalue weighted by molar-refractivity contribution is -0.00758. The van der Waals surface area contributed by atoms with Crippen molar-refractivity contribution in [3.05, 3.63) is 42.0 Å². The first-order valence-electron chi connectivity index (χ1n) is 9.12. The highest BCUT2D eigenvalue weighted by molar-refractivity contribution is 6.05. The van der Waals surface area contributed by atoms with Gasteiger partial charge in [-0.05, 0) is 18.2 Å². The topological polar surface area (TPSA) is 121 Å². The van der Waals surface area contributed by atoms with Gasteiger partial charge in [-0.3, -0.25) is 9.48 Å². The van der Waals surface area contributed by atoms with Crippen LogP contribution in [0.2, 0.25) is 0 Å². The van der Waals surface area contributed by atoms with Crippen LogP contribution in [0.4, 0.5) is 4.39 Å². The van der Waals surface area contributed by atoms with Crippen LogP contribution in [-0.4, -0.2) is 61.0 Å². The van der Waals surface area contributed by atoms with E-state index in [0.29, 0.717) is 46.7 Å². The predicted octanol–water partition coefficient (Wildman–Crippen LogP) is 0.715. The van der Waals surface area contributed by atoms with Crippen LogP contribution in [0.25, 0.3) is 33.5 Å². The summed E-state index contributed by atoms with van der Waals surface area (Å²) >= 11 is 0. The number of aromatic amines is 1. The molecule has 1 amide bonds. The number of hydrogen-bond acceptors (Lipinski definition) is 6. The van der Waals surface area contributed by atoms with Gasteiger partial charge in [0.05, 0.1) is 17.3 Å². The van der Waals surface area contributed by atoms with E-state index in [1.807, 2.05) is 0 Å². The van der Waals surface area contributed by atoms with E-state index in [4.69, 9.17) is 0 Å². The normalized spacial score (nSPS) is 15.6. The van der Waals surface area contributed by atoms with Crippen molar-refractivity contribution in [3.8, 4) is 11.4 Å². The van der Waals surface area contributed by atoms with Gasteiger partial charge in [0.15, 0.2) is 5.65 Å². The van der Waals surface area contributed by atoms with E-state index in [-0.39, 0.29) is 18.3 Å². The van der Waals surface area contributed by atoms with Crippen LogP contribution >= 0.6 is 0 Å². The molecule has 1 aliphatic heterocycles. The smallest absolute Gasteiger partial charge is 0.255 e.